The minimum atomic E-state index is -3.81. The van der Waals surface area contributed by atoms with E-state index in [1.165, 1.54) is 21.3 Å². The third kappa shape index (κ3) is 4.55. The number of nitrogens with one attached hydrogen (secondary N) is 1. The third-order valence-electron chi connectivity index (χ3n) is 4.79. The highest BCUT2D eigenvalue weighted by Crippen LogP contribution is 2.28. The van der Waals surface area contributed by atoms with E-state index in [4.69, 9.17) is 9.47 Å². The summed E-state index contributed by atoms with van der Waals surface area (Å²) < 4.78 is 37.4. The summed E-state index contributed by atoms with van der Waals surface area (Å²) in [5.74, 6) is 0.716. The quantitative estimate of drug-likeness (QED) is 0.596. The number of rotatable bonds is 8. The van der Waals surface area contributed by atoms with Crippen molar-refractivity contribution in [3.8, 4) is 11.5 Å². The minimum Gasteiger partial charge on any atom is -0.496 e. The van der Waals surface area contributed by atoms with Crippen LogP contribution in [-0.2, 0) is 21.4 Å². The van der Waals surface area contributed by atoms with Gasteiger partial charge in [-0.1, -0.05) is 36.4 Å². The van der Waals surface area contributed by atoms with E-state index in [-0.39, 0.29) is 18.0 Å². The number of hydrogen-bond donors (Lipinski definition) is 1. The zero-order chi connectivity index (χ0) is 21.7. The highest BCUT2D eigenvalue weighted by molar-refractivity contribution is 7.89. The van der Waals surface area contributed by atoms with Crippen molar-refractivity contribution in [2.24, 2.45) is 0 Å². The zero-order valence-corrected chi connectivity index (χ0v) is 17.9. The van der Waals surface area contributed by atoms with E-state index >= 15 is 0 Å². The molecular weight excluding hydrogens is 404 g/mol. The smallest absolute Gasteiger partial charge is 0.243 e. The van der Waals surface area contributed by atoms with E-state index in [1.807, 2.05) is 24.3 Å². The molecule has 0 atom stereocenters. The SMILES string of the molecule is COc1cccc(OC)c1CNC(=O)CN(C)S(=O)(=O)c1ccc2ccccc2c1. The molecule has 0 fully saturated rings. The fourth-order valence-electron chi connectivity index (χ4n) is 3.14. The van der Waals surface area contributed by atoms with Crippen LogP contribution in [0.5, 0.6) is 11.5 Å². The molecule has 158 valence electrons. The Labute approximate surface area is 176 Å². The summed E-state index contributed by atoms with van der Waals surface area (Å²) in [5, 5.41) is 4.49. The van der Waals surface area contributed by atoms with Gasteiger partial charge in [0.25, 0.3) is 0 Å². The molecule has 30 heavy (non-hydrogen) atoms. The third-order valence-corrected chi connectivity index (χ3v) is 6.59. The predicted octanol–water partition coefficient (Wildman–Crippen LogP) is 2.79. The standard InChI is InChI=1S/C22H24N2O5S/c1-24(30(26,27)18-12-11-16-7-4-5-8-17(16)13-18)15-22(25)23-14-19-20(28-2)9-6-10-21(19)29-3/h4-13H,14-15H2,1-3H3,(H,23,25). The van der Waals surface area contributed by atoms with Crippen molar-refractivity contribution in [2.45, 2.75) is 11.4 Å². The van der Waals surface area contributed by atoms with Gasteiger partial charge < -0.3 is 14.8 Å². The normalized spacial score (nSPS) is 11.5. The van der Waals surface area contributed by atoms with Crippen LogP contribution in [0, 0.1) is 0 Å². The van der Waals surface area contributed by atoms with E-state index in [2.05, 4.69) is 5.32 Å². The number of likely N-dealkylation sites (N-methyl/N-ethyl adjacent to an activating group) is 1. The molecule has 0 aromatic heterocycles. The lowest BCUT2D eigenvalue weighted by atomic mass is 10.1. The Morgan fingerprint density at radius 1 is 0.933 bits per heavy atom. The van der Waals surface area contributed by atoms with E-state index in [0.717, 1.165) is 15.1 Å². The molecule has 0 bridgehead atoms. The van der Waals surface area contributed by atoms with Gasteiger partial charge in [0.2, 0.25) is 15.9 Å². The highest BCUT2D eigenvalue weighted by atomic mass is 32.2. The molecule has 8 heteroatoms. The first-order valence-electron chi connectivity index (χ1n) is 9.28. The Hall–Kier alpha value is -3.10. The first-order chi connectivity index (χ1) is 14.4. The number of hydrogen-bond acceptors (Lipinski definition) is 5. The van der Waals surface area contributed by atoms with Gasteiger partial charge >= 0.3 is 0 Å². The van der Waals surface area contributed by atoms with Crippen LogP contribution in [0.1, 0.15) is 5.56 Å². The van der Waals surface area contributed by atoms with Crippen LogP contribution in [0.2, 0.25) is 0 Å². The molecule has 0 spiro atoms. The number of methoxy groups -OCH3 is 2. The summed E-state index contributed by atoms with van der Waals surface area (Å²) in [7, 11) is 0.635. The van der Waals surface area contributed by atoms with Crippen molar-refractivity contribution in [3.63, 3.8) is 0 Å². The Morgan fingerprint density at radius 2 is 1.57 bits per heavy atom. The molecule has 0 unspecified atom stereocenters. The van der Waals surface area contributed by atoms with Crippen LogP contribution < -0.4 is 14.8 Å². The monoisotopic (exact) mass is 428 g/mol. The molecule has 0 aliphatic carbocycles. The lowest BCUT2D eigenvalue weighted by Crippen LogP contribution is -2.38. The number of ether oxygens (including phenoxy) is 2. The largest absolute Gasteiger partial charge is 0.496 e. The van der Waals surface area contributed by atoms with Crippen molar-refractivity contribution >= 4 is 26.7 Å². The molecule has 1 amide bonds. The van der Waals surface area contributed by atoms with Crippen LogP contribution in [0.4, 0.5) is 0 Å². The van der Waals surface area contributed by atoms with Crippen molar-refractivity contribution in [1.82, 2.24) is 9.62 Å². The molecule has 0 saturated heterocycles. The first kappa shape index (κ1) is 21.6. The van der Waals surface area contributed by atoms with Gasteiger partial charge in [0, 0.05) is 7.05 Å². The number of nitrogens with zero attached hydrogens (tertiary/aromatic N) is 1. The number of carbonyl (C=O) groups is 1. The number of carbonyl (C=O) groups excluding carboxylic acids is 1. The van der Waals surface area contributed by atoms with Gasteiger partial charge in [-0.25, -0.2) is 8.42 Å². The summed E-state index contributed by atoms with van der Waals surface area (Å²) in [4.78, 5) is 12.6. The van der Waals surface area contributed by atoms with Crippen LogP contribution in [0.3, 0.4) is 0 Å². The fraction of sp³-hybridized carbons (Fsp3) is 0.227. The van der Waals surface area contributed by atoms with Crippen molar-refractivity contribution in [2.75, 3.05) is 27.8 Å². The van der Waals surface area contributed by atoms with Crippen molar-refractivity contribution in [3.05, 3.63) is 66.2 Å². The minimum absolute atomic E-state index is 0.142. The Bertz CT molecular complexity index is 1140. The number of amides is 1. The number of fused-ring (bicyclic) bond motifs is 1. The van der Waals surface area contributed by atoms with E-state index < -0.39 is 15.9 Å². The average molecular weight is 429 g/mol. The summed E-state index contributed by atoms with van der Waals surface area (Å²) >= 11 is 0. The average Bonchev–Trinajstić information content (AvgIpc) is 2.76. The molecule has 0 aliphatic heterocycles. The van der Waals surface area contributed by atoms with Crippen LogP contribution in [-0.4, -0.2) is 46.4 Å². The summed E-state index contributed by atoms with van der Waals surface area (Å²) in [6.07, 6.45) is 0. The van der Waals surface area contributed by atoms with Gasteiger partial charge in [-0.05, 0) is 35.0 Å². The molecule has 3 aromatic rings. The van der Waals surface area contributed by atoms with Crippen LogP contribution >= 0.6 is 0 Å². The van der Waals surface area contributed by atoms with Gasteiger partial charge in [-0.2, -0.15) is 4.31 Å². The topological polar surface area (TPSA) is 84.9 Å². The summed E-state index contributed by atoms with van der Waals surface area (Å²) in [5.41, 5.74) is 0.677. The Kier molecular flexibility index (Phi) is 6.59. The lowest BCUT2D eigenvalue weighted by Gasteiger charge is -2.18. The lowest BCUT2D eigenvalue weighted by molar-refractivity contribution is -0.121. The van der Waals surface area contributed by atoms with Gasteiger partial charge in [-0.15, -0.1) is 0 Å². The van der Waals surface area contributed by atoms with Crippen molar-refractivity contribution in [1.29, 1.82) is 0 Å². The second-order valence-electron chi connectivity index (χ2n) is 6.69. The van der Waals surface area contributed by atoms with Crippen LogP contribution in [0.25, 0.3) is 10.8 Å². The van der Waals surface area contributed by atoms with Crippen molar-refractivity contribution < 1.29 is 22.7 Å². The molecule has 0 aliphatic rings. The van der Waals surface area contributed by atoms with Crippen LogP contribution in [0.15, 0.2) is 65.6 Å². The molecule has 3 rings (SSSR count). The second kappa shape index (κ2) is 9.15. The van der Waals surface area contributed by atoms with E-state index in [9.17, 15) is 13.2 Å². The molecule has 1 N–H and O–H groups in total. The van der Waals surface area contributed by atoms with E-state index in [0.29, 0.717) is 17.1 Å². The van der Waals surface area contributed by atoms with Gasteiger partial charge in [0.05, 0.1) is 37.8 Å². The maximum atomic E-state index is 12.9. The Balaban J connectivity index is 1.70. The highest BCUT2D eigenvalue weighted by Gasteiger charge is 2.23. The fourth-order valence-corrected chi connectivity index (χ4v) is 4.30. The zero-order valence-electron chi connectivity index (χ0n) is 17.1. The molecule has 7 nitrogen and oxygen atoms in total. The summed E-state index contributed by atoms with van der Waals surface area (Å²) in [6, 6.07) is 17.7. The number of benzene rings is 3. The maximum absolute atomic E-state index is 12.9. The molecule has 0 radical (unpaired) electrons. The predicted molar refractivity (Wildman–Crippen MR) is 115 cm³/mol. The molecule has 3 aromatic carbocycles. The Morgan fingerprint density at radius 3 is 2.20 bits per heavy atom. The van der Waals surface area contributed by atoms with Gasteiger partial charge in [0.1, 0.15) is 11.5 Å². The molecule has 0 heterocycles. The molecule has 0 saturated carbocycles. The molecular formula is C22H24N2O5S. The maximum Gasteiger partial charge on any atom is 0.243 e. The number of sulfonamides is 1. The summed E-state index contributed by atoms with van der Waals surface area (Å²) in [6.45, 7) is -0.164. The second-order valence-corrected chi connectivity index (χ2v) is 8.73. The van der Waals surface area contributed by atoms with E-state index in [1.54, 1.807) is 36.4 Å². The first-order valence-corrected chi connectivity index (χ1v) is 10.7. The van der Waals surface area contributed by atoms with Gasteiger partial charge in [-0.3, -0.25) is 4.79 Å². The van der Waals surface area contributed by atoms with Gasteiger partial charge in [0.15, 0.2) is 0 Å².